The molecule has 8 heavy (non-hydrogen) atoms. The van der Waals surface area contributed by atoms with Crippen molar-refractivity contribution >= 4 is 11.6 Å². The van der Waals surface area contributed by atoms with Crippen molar-refractivity contribution in [2.45, 2.75) is 33.1 Å². The van der Waals surface area contributed by atoms with Crippen LogP contribution in [0.4, 0.5) is 0 Å². The molecular weight excluding hydrogens is 120 g/mol. The van der Waals surface area contributed by atoms with E-state index >= 15 is 0 Å². The molecular formula is C7H14Cl. The third-order valence-electron chi connectivity index (χ3n) is 1.27. The molecule has 1 unspecified atom stereocenters. The van der Waals surface area contributed by atoms with Gasteiger partial charge in [-0.25, -0.2) is 0 Å². The van der Waals surface area contributed by atoms with Gasteiger partial charge in [0.1, 0.15) is 0 Å². The van der Waals surface area contributed by atoms with Gasteiger partial charge < -0.3 is 0 Å². The van der Waals surface area contributed by atoms with Crippen LogP contribution < -0.4 is 0 Å². The minimum absolute atomic E-state index is 0.775. The van der Waals surface area contributed by atoms with E-state index in [1.54, 1.807) is 5.88 Å². The summed E-state index contributed by atoms with van der Waals surface area (Å²) in [7, 11) is 0. The lowest BCUT2D eigenvalue weighted by molar-refractivity contribution is 0.526. The Morgan fingerprint density at radius 3 is 2.62 bits per heavy atom. The molecule has 0 aliphatic carbocycles. The van der Waals surface area contributed by atoms with Gasteiger partial charge in [-0.05, 0) is 12.3 Å². The van der Waals surface area contributed by atoms with E-state index in [2.05, 4.69) is 13.8 Å². The molecule has 0 spiro atoms. The second kappa shape index (κ2) is 5.43. The molecule has 0 aliphatic rings. The van der Waals surface area contributed by atoms with Crippen molar-refractivity contribution < 1.29 is 0 Å². The molecule has 0 nitrogen and oxygen atoms in total. The van der Waals surface area contributed by atoms with Crippen molar-refractivity contribution in [1.29, 1.82) is 0 Å². The molecule has 0 N–H and O–H groups in total. The minimum Gasteiger partial charge on any atom is -0.121 e. The average Bonchev–Trinajstić information content (AvgIpc) is 1.68. The quantitative estimate of drug-likeness (QED) is 0.553. The molecule has 0 bridgehead atoms. The first-order valence-corrected chi connectivity index (χ1v) is 3.66. The maximum Gasteiger partial charge on any atom is 0.0502 e. The van der Waals surface area contributed by atoms with E-state index in [-0.39, 0.29) is 0 Å². The lowest BCUT2D eigenvalue weighted by Crippen LogP contribution is -1.90. The fraction of sp³-hybridized carbons (Fsp3) is 0.857. The third-order valence-corrected chi connectivity index (χ3v) is 1.45. The summed E-state index contributed by atoms with van der Waals surface area (Å²) < 4.78 is 0. The molecule has 0 aromatic carbocycles. The highest BCUT2D eigenvalue weighted by Crippen LogP contribution is 2.12. The fourth-order valence-electron chi connectivity index (χ4n) is 0.763. The van der Waals surface area contributed by atoms with Crippen LogP contribution in [0.15, 0.2) is 0 Å². The van der Waals surface area contributed by atoms with Crippen LogP contribution in [-0.4, -0.2) is 0 Å². The Labute approximate surface area is 57.2 Å². The minimum atomic E-state index is 0.775. The van der Waals surface area contributed by atoms with Gasteiger partial charge in [-0.1, -0.05) is 26.7 Å². The normalized spacial score (nSPS) is 13.9. The highest BCUT2D eigenvalue weighted by molar-refractivity contribution is 6.23. The van der Waals surface area contributed by atoms with Gasteiger partial charge in [0.05, 0.1) is 5.88 Å². The predicted octanol–water partition coefficient (Wildman–Crippen LogP) is 3.21. The molecule has 0 saturated heterocycles. The first-order valence-electron chi connectivity index (χ1n) is 3.23. The largest absolute Gasteiger partial charge is 0.121 e. The summed E-state index contributed by atoms with van der Waals surface area (Å²) in [4.78, 5) is 0. The Morgan fingerprint density at radius 1 is 1.62 bits per heavy atom. The summed E-state index contributed by atoms with van der Waals surface area (Å²) >= 11 is 5.41. The van der Waals surface area contributed by atoms with Crippen LogP contribution in [0.3, 0.4) is 0 Å². The van der Waals surface area contributed by atoms with Gasteiger partial charge >= 0.3 is 0 Å². The maximum atomic E-state index is 5.41. The summed E-state index contributed by atoms with van der Waals surface area (Å²) in [5.41, 5.74) is 0. The number of hydrogen-bond acceptors (Lipinski definition) is 0. The van der Waals surface area contributed by atoms with Crippen molar-refractivity contribution in [3.05, 3.63) is 5.88 Å². The molecule has 1 heteroatoms. The predicted molar refractivity (Wildman–Crippen MR) is 38.8 cm³/mol. The zero-order valence-corrected chi connectivity index (χ0v) is 6.41. The lowest BCUT2D eigenvalue weighted by atomic mass is 10.0. The van der Waals surface area contributed by atoms with E-state index < -0.39 is 0 Å². The monoisotopic (exact) mass is 133 g/mol. The van der Waals surface area contributed by atoms with Gasteiger partial charge in [-0.3, -0.25) is 0 Å². The van der Waals surface area contributed by atoms with Crippen LogP contribution in [0.1, 0.15) is 33.1 Å². The lowest BCUT2D eigenvalue weighted by Gasteiger charge is -2.04. The molecule has 0 fully saturated rings. The first-order chi connectivity index (χ1) is 3.81. The Morgan fingerprint density at radius 2 is 2.25 bits per heavy atom. The second-order valence-corrected chi connectivity index (χ2v) is 2.59. The SMILES string of the molecule is CCCC(C)C[CH]Cl. The summed E-state index contributed by atoms with van der Waals surface area (Å²) in [5, 5.41) is 0. The Kier molecular flexibility index (Phi) is 5.62. The molecule has 1 radical (unpaired) electrons. The Hall–Kier alpha value is 0.290. The van der Waals surface area contributed by atoms with Gasteiger partial charge in [0.2, 0.25) is 0 Å². The third kappa shape index (κ3) is 4.45. The summed E-state index contributed by atoms with van der Waals surface area (Å²) in [6.45, 7) is 4.42. The van der Waals surface area contributed by atoms with Gasteiger partial charge in [-0.2, -0.15) is 0 Å². The Bertz CT molecular complexity index is 37.7. The maximum absolute atomic E-state index is 5.41. The van der Waals surface area contributed by atoms with Crippen molar-refractivity contribution in [2.24, 2.45) is 5.92 Å². The highest BCUT2D eigenvalue weighted by atomic mass is 35.5. The molecule has 0 heterocycles. The first kappa shape index (κ1) is 8.29. The van der Waals surface area contributed by atoms with Crippen LogP contribution in [0, 0.1) is 11.8 Å². The molecule has 0 aliphatic heterocycles. The van der Waals surface area contributed by atoms with Crippen molar-refractivity contribution in [3.63, 3.8) is 0 Å². The molecule has 0 aromatic heterocycles. The smallest absolute Gasteiger partial charge is 0.0502 e. The van der Waals surface area contributed by atoms with Gasteiger partial charge in [0.25, 0.3) is 0 Å². The molecule has 49 valence electrons. The van der Waals surface area contributed by atoms with Crippen LogP contribution in [0.2, 0.25) is 0 Å². The second-order valence-electron chi connectivity index (χ2n) is 2.28. The zero-order valence-electron chi connectivity index (χ0n) is 5.65. The molecule has 0 aromatic rings. The van der Waals surface area contributed by atoms with E-state index in [1.807, 2.05) is 0 Å². The van der Waals surface area contributed by atoms with E-state index in [0.717, 1.165) is 12.3 Å². The number of halogens is 1. The standard InChI is InChI=1S/C7H14Cl/c1-3-4-7(2)5-6-8/h6-7H,3-5H2,1-2H3. The van der Waals surface area contributed by atoms with E-state index in [1.165, 1.54) is 12.8 Å². The van der Waals surface area contributed by atoms with Gasteiger partial charge in [-0.15, -0.1) is 11.6 Å². The van der Waals surface area contributed by atoms with Crippen LogP contribution in [0.5, 0.6) is 0 Å². The zero-order chi connectivity index (χ0) is 6.41. The molecule has 0 amide bonds. The summed E-state index contributed by atoms with van der Waals surface area (Å²) in [6, 6.07) is 0. The van der Waals surface area contributed by atoms with E-state index in [9.17, 15) is 0 Å². The van der Waals surface area contributed by atoms with Crippen LogP contribution >= 0.6 is 11.6 Å². The topological polar surface area (TPSA) is 0 Å². The van der Waals surface area contributed by atoms with Crippen LogP contribution in [-0.2, 0) is 0 Å². The molecule has 1 atom stereocenters. The molecule has 0 rings (SSSR count). The van der Waals surface area contributed by atoms with Crippen molar-refractivity contribution in [3.8, 4) is 0 Å². The summed E-state index contributed by atoms with van der Waals surface area (Å²) in [5.74, 6) is 2.50. The van der Waals surface area contributed by atoms with E-state index in [0.29, 0.717) is 0 Å². The van der Waals surface area contributed by atoms with Crippen molar-refractivity contribution in [1.82, 2.24) is 0 Å². The van der Waals surface area contributed by atoms with Crippen LogP contribution in [0.25, 0.3) is 0 Å². The van der Waals surface area contributed by atoms with Gasteiger partial charge in [0, 0.05) is 0 Å². The van der Waals surface area contributed by atoms with Gasteiger partial charge in [0.15, 0.2) is 0 Å². The fourth-order valence-corrected chi connectivity index (χ4v) is 1.07. The number of rotatable bonds is 4. The van der Waals surface area contributed by atoms with E-state index in [4.69, 9.17) is 11.6 Å². The highest BCUT2D eigenvalue weighted by Gasteiger charge is 1.96. The average molecular weight is 134 g/mol. The van der Waals surface area contributed by atoms with Crippen molar-refractivity contribution in [2.75, 3.05) is 0 Å². The number of hydrogen-bond donors (Lipinski definition) is 0. The molecule has 0 saturated carbocycles. The summed E-state index contributed by atoms with van der Waals surface area (Å²) in [6.07, 6.45) is 3.62. The Balaban J connectivity index is 2.92.